The summed E-state index contributed by atoms with van der Waals surface area (Å²) in [6.07, 6.45) is 3.27. The maximum Gasteiger partial charge on any atom is 0.0393 e. The average Bonchev–Trinajstić information content (AvgIpc) is 2.24. The summed E-state index contributed by atoms with van der Waals surface area (Å²) in [5.41, 5.74) is 9.04. The number of nitrogens with one attached hydrogen (secondary N) is 1. The van der Waals surface area contributed by atoms with Gasteiger partial charge in [-0.1, -0.05) is 13.0 Å². The van der Waals surface area contributed by atoms with Crippen molar-refractivity contribution in [3.63, 3.8) is 0 Å². The highest BCUT2D eigenvalue weighted by atomic mass is 32.2. The fraction of sp³-hybridized carbons (Fsp3) is 0.500. The molecule has 0 fully saturated rings. The van der Waals surface area contributed by atoms with Crippen LogP contribution in [0, 0.1) is 6.92 Å². The molecule has 84 valence electrons. The first-order valence-electron chi connectivity index (χ1n) is 5.29. The van der Waals surface area contributed by atoms with E-state index in [0.29, 0.717) is 6.04 Å². The van der Waals surface area contributed by atoms with Gasteiger partial charge in [-0.15, -0.1) is 0 Å². The van der Waals surface area contributed by atoms with Crippen LogP contribution in [0.15, 0.2) is 18.2 Å². The van der Waals surface area contributed by atoms with Gasteiger partial charge in [-0.3, -0.25) is 0 Å². The second-order valence-electron chi connectivity index (χ2n) is 3.72. The lowest BCUT2D eigenvalue weighted by molar-refractivity contribution is 0.774. The first-order valence-corrected chi connectivity index (χ1v) is 6.69. The van der Waals surface area contributed by atoms with E-state index in [-0.39, 0.29) is 0 Å². The molecular formula is C12H20N2S. The van der Waals surface area contributed by atoms with Crippen molar-refractivity contribution in [2.45, 2.75) is 26.3 Å². The summed E-state index contributed by atoms with van der Waals surface area (Å²) in [5, 5.41) is 3.54. The number of rotatable bonds is 5. The molecule has 2 nitrogen and oxygen atoms in total. The van der Waals surface area contributed by atoms with Gasteiger partial charge in [-0.25, -0.2) is 0 Å². The highest BCUT2D eigenvalue weighted by Gasteiger charge is 2.07. The monoisotopic (exact) mass is 224 g/mol. The summed E-state index contributed by atoms with van der Waals surface area (Å²) in [7, 11) is 0. The standard InChI is InChI=1S/C12H20N2S/c1-4-10(8-15-3)14-12-7-5-6-11(13)9(12)2/h5-7,10,14H,4,8,13H2,1-3H3. The Balaban J connectivity index is 2.74. The molecule has 0 radical (unpaired) electrons. The van der Waals surface area contributed by atoms with E-state index in [2.05, 4.69) is 31.5 Å². The van der Waals surface area contributed by atoms with Gasteiger partial charge in [0.2, 0.25) is 0 Å². The van der Waals surface area contributed by atoms with Crippen LogP contribution in [-0.4, -0.2) is 18.1 Å². The topological polar surface area (TPSA) is 38.0 Å². The fourth-order valence-corrected chi connectivity index (χ4v) is 2.21. The van der Waals surface area contributed by atoms with E-state index < -0.39 is 0 Å². The molecule has 1 unspecified atom stereocenters. The molecule has 3 N–H and O–H groups in total. The van der Waals surface area contributed by atoms with Gasteiger partial charge in [0.25, 0.3) is 0 Å². The maximum absolute atomic E-state index is 5.87. The smallest absolute Gasteiger partial charge is 0.0393 e. The number of nitrogen functional groups attached to an aromatic ring is 1. The third-order valence-electron chi connectivity index (χ3n) is 2.60. The predicted molar refractivity (Wildman–Crippen MR) is 71.7 cm³/mol. The van der Waals surface area contributed by atoms with Crippen molar-refractivity contribution in [1.82, 2.24) is 0 Å². The molecule has 0 amide bonds. The Bertz CT molecular complexity index is 312. The molecule has 15 heavy (non-hydrogen) atoms. The summed E-state index contributed by atoms with van der Waals surface area (Å²) >= 11 is 1.87. The molecular weight excluding hydrogens is 204 g/mol. The van der Waals surface area contributed by atoms with Gasteiger partial charge in [0.05, 0.1) is 0 Å². The van der Waals surface area contributed by atoms with Crippen molar-refractivity contribution in [3.05, 3.63) is 23.8 Å². The third-order valence-corrected chi connectivity index (χ3v) is 3.33. The molecule has 0 aliphatic rings. The zero-order chi connectivity index (χ0) is 11.3. The molecule has 1 aromatic rings. The van der Waals surface area contributed by atoms with Gasteiger partial charge in [-0.2, -0.15) is 11.8 Å². The summed E-state index contributed by atoms with van der Waals surface area (Å²) < 4.78 is 0. The van der Waals surface area contributed by atoms with Crippen molar-refractivity contribution in [1.29, 1.82) is 0 Å². The van der Waals surface area contributed by atoms with E-state index in [9.17, 15) is 0 Å². The highest BCUT2D eigenvalue weighted by Crippen LogP contribution is 2.22. The van der Waals surface area contributed by atoms with E-state index in [1.165, 1.54) is 0 Å². The molecule has 0 spiro atoms. The second kappa shape index (κ2) is 5.91. The van der Waals surface area contributed by atoms with Crippen LogP contribution in [0.2, 0.25) is 0 Å². The lowest BCUT2D eigenvalue weighted by Crippen LogP contribution is -2.21. The molecule has 0 saturated heterocycles. The molecule has 0 aliphatic carbocycles. The van der Waals surface area contributed by atoms with E-state index in [4.69, 9.17) is 5.73 Å². The second-order valence-corrected chi connectivity index (χ2v) is 4.64. The Morgan fingerprint density at radius 2 is 2.20 bits per heavy atom. The van der Waals surface area contributed by atoms with Gasteiger partial charge in [0, 0.05) is 23.2 Å². The number of hydrogen-bond acceptors (Lipinski definition) is 3. The Morgan fingerprint density at radius 1 is 1.47 bits per heavy atom. The van der Waals surface area contributed by atoms with Crippen LogP contribution in [0.1, 0.15) is 18.9 Å². The quantitative estimate of drug-likeness (QED) is 0.755. The van der Waals surface area contributed by atoms with Crippen molar-refractivity contribution in [2.75, 3.05) is 23.1 Å². The molecule has 0 bridgehead atoms. The average molecular weight is 224 g/mol. The zero-order valence-corrected chi connectivity index (χ0v) is 10.5. The van der Waals surface area contributed by atoms with Crippen LogP contribution in [0.25, 0.3) is 0 Å². The number of anilines is 2. The van der Waals surface area contributed by atoms with Gasteiger partial charge in [-0.05, 0) is 37.3 Å². The molecule has 1 aromatic carbocycles. The van der Waals surface area contributed by atoms with Crippen molar-refractivity contribution < 1.29 is 0 Å². The van der Waals surface area contributed by atoms with E-state index in [0.717, 1.165) is 29.1 Å². The minimum atomic E-state index is 0.528. The maximum atomic E-state index is 5.87. The molecule has 3 heteroatoms. The Labute approximate surface area is 96.6 Å². The van der Waals surface area contributed by atoms with Crippen LogP contribution in [0.5, 0.6) is 0 Å². The Hall–Kier alpha value is -0.830. The van der Waals surface area contributed by atoms with Gasteiger partial charge >= 0.3 is 0 Å². The van der Waals surface area contributed by atoms with Crippen LogP contribution < -0.4 is 11.1 Å². The van der Waals surface area contributed by atoms with Crippen LogP contribution in [-0.2, 0) is 0 Å². The molecule has 0 aromatic heterocycles. The minimum Gasteiger partial charge on any atom is -0.398 e. The first-order chi connectivity index (χ1) is 7.19. The van der Waals surface area contributed by atoms with E-state index in [1.54, 1.807) is 0 Å². The van der Waals surface area contributed by atoms with Crippen molar-refractivity contribution in [2.24, 2.45) is 0 Å². The molecule has 1 atom stereocenters. The van der Waals surface area contributed by atoms with Crippen LogP contribution in [0.4, 0.5) is 11.4 Å². The zero-order valence-electron chi connectivity index (χ0n) is 9.71. The predicted octanol–water partition coefficient (Wildman–Crippen LogP) is 3.13. The SMILES string of the molecule is CCC(CSC)Nc1cccc(N)c1C. The number of hydrogen-bond donors (Lipinski definition) is 2. The fourth-order valence-electron chi connectivity index (χ4n) is 1.49. The van der Waals surface area contributed by atoms with Gasteiger partial charge in [0.15, 0.2) is 0 Å². The summed E-state index contributed by atoms with van der Waals surface area (Å²) in [4.78, 5) is 0. The van der Waals surface area contributed by atoms with Gasteiger partial charge in [0.1, 0.15) is 0 Å². The largest absolute Gasteiger partial charge is 0.398 e. The van der Waals surface area contributed by atoms with Crippen LogP contribution >= 0.6 is 11.8 Å². The summed E-state index contributed by atoms with van der Waals surface area (Å²) in [6, 6.07) is 6.56. The number of nitrogens with two attached hydrogens (primary N) is 1. The Kier molecular flexibility index (Phi) is 4.82. The molecule has 1 rings (SSSR count). The van der Waals surface area contributed by atoms with E-state index in [1.807, 2.05) is 23.9 Å². The Morgan fingerprint density at radius 3 is 2.80 bits per heavy atom. The minimum absolute atomic E-state index is 0.528. The number of benzene rings is 1. The normalized spacial score (nSPS) is 12.5. The highest BCUT2D eigenvalue weighted by molar-refractivity contribution is 7.98. The summed E-state index contributed by atoms with van der Waals surface area (Å²) in [5.74, 6) is 1.13. The molecule has 0 saturated carbocycles. The lowest BCUT2D eigenvalue weighted by Gasteiger charge is -2.19. The van der Waals surface area contributed by atoms with Gasteiger partial charge < -0.3 is 11.1 Å². The number of thioether (sulfide) groups is 1. The molecule has 0 aliphatic heterocycles. The van der Waals surface area contributed by atoms with Crippen LogP contribution in [0.3, 0.4) is 0 Å². The lowest BCUT2D eigenvalue weighted by atomic mass is 10.1. The van der Waals surface area contributed by atoms with Crippen molar-refractivity contribution in [3.8, 4) is 0 Å². The van der Waals surface area contributed by atoms with Crippen molar-refractivity contribution >= 4 is 23.1 Å². The van der Waals surface area contributed by atoms with E-state index >= 15 is 0 Å². The molecule has 0 heterocycles. The third kappa shape index (κ3) is 3.34. The first kappa shape index (κ1) is 12.2. The summed E-state index contributed by atoms with van der Waals surface area (Å²) in [6.45, 7) is 4.26.